The molecule has 0 saturated carbocycles. The molecule has 1 aromatic heterocycles. The van der Waals surface area contributed by atoms with E-state index in [-0.39, 0.29) is 17.8 Å². The molecule has 0 aliphatic carbocycles. The van der Waals surface area contributed by atoms with Crippen LogP contribution in [-0.2, 0) is 4.79 Å². The highest BCUT2D eigenvalue weighted by Crippen LogP contribution is 2.11. The predicted octanol–water partition coefficient (Wildman–Crippen LogP) is 0.678. The van der Waals surface area contributed by atoms with Crippen molar-refractivity contribution in [2.45, 2.75) is 6.42 Å². The van der Waals surface area contributed by atoms with E-state index in [2.05, 4.69) is 20.6 Å². The molecule has 2 N–H and O–H groups in total. The van der Waals surface area contributed by atoms with Crippen molar-refractivity contribution in [2.24, 2.45) is 5.92 Å². The molecule has 1 saturated heterocycles. The van der Waals surface area contributed by atoms with E-state index in [4.69, 9.17) is 11.6 Å². The van der Waals surface area contributed by atoms with Crippen molar-refractivity contribution >= 4 is 23.5 Å². The summed E-state index contributed by atoms with van der Waals surface area (Å²) in [5.74, 6) is 0.217. The highest BCUT2D eigenvalue weighted by atomic mass is 35.5. The van der Waals surface area contributed by atoms with Gasteiger partial charge in [0.05, 0.1) is 5.92 Å². The topological polar surface area (TPSA) is 66.9 Å². The fourth-order valence-electron chi connectivity index (χ4n) is 1.49. The molecule has 2 rings (SSSR count). The molecule has 1 aliphatic heterocycles. The Morgan fingerprint density at radius 3 is 3.20 bits per heavy atom. The largest absolute Gasteiger partial charge is 0.316 e. The molecule has 6 heteroatoms. The van der Waals surface area contributed by atoms with E-state index in [0.717, 1.165) is 13.0 Å². The molecule has 2 heterocycles. The fourth-order valence-corrected chi connectivity index (χ4v) is 1.62. The van der Waals surface area contributed by atoms with Crippen molar-refractivity contribution in [3.63, 3.8) is 0 Å². The molecule has 0 aromatic carbocycles. The van der Waals surface area contributed by atoms with Gasteiger partial charge < -0.3 is 5.32 Å². The third kappa shape index (κ3) is 2.64. The van der Waals surface area contributed by atoms with E-state index in [1.54, 1.807) is 6.07 Å². The number of aromatic nitrogens is 2. The van der Waals surface area contributed by atoms with Gasteiger partial charge >= 0.3 is 0 Å². The molecule has 1 amide bonds. The van der Waals surface area contributed by atoms with Crippen molar-refractivity contribution in [2.75, 3.05) is 18.4 Å². The molecule has 0 bridgehead atoms. The van der Waals surface area contributed by atoms with Crippen LogP contribution >= 0.6 is 11.6 Å². The Morgan fingerprint density at radius 2 is 2.53 bits per heavy atom. The summed E-state index contributed by atoms with van der Waals surface area (Å²) >= 11 is 5.67. The number of rotatable bonds is 2. The molecule has 15 heavy (non-hydrogen) atoms. The minimum atomic E-state index is -0.0535. The normalized spacial score (nSPS) is 20.2. The van der Waals surface area contributed by atoms with Crippen LogP contribution in [0.5, 0.6) is 0 Å². The summed E-state index contributed by atoms with van der Waals surface area (Å²) in [6, 6.07) is 1.56. The summed E-state index contributed by atoms with van der Waals surface area (Å²) in [6.45, 7) is 1.60. The third-order valence-corrected chi connectivity index (χ3v) is 2.50. The van der Waals surface area contributed by atoms with E-state index < -0.39 is 0 Å². The Morgan fingerprint density at radius 1 is 1.67 bits per heavy atom. The maximum absolute atomic E-state index is 11.7. The number of amides is 1. The van der Waals surface area contributed by atoms with E-state index in [0.29, 0.717) is 11.7 Å². The summed E-state index contributed by atoms with van der Waals surface area (Å²) in [5.41, 5.74) is 0. The molecule has 1 atom stereocenters. The number of halogens is 1. The molecule has 1 fully saturated rings. The second-order valence-electron chi connectivity index (χ2n) is 3.38. The lowest BCUT2D eigenvalue weighted by atomic mass is 10.1. The van der Waals surface area contributed by atoms with E-state index >= 15 is 0 Å². The minimum Gasteiger partial charge on any atom is -0.316 e. The number of nitrogens with one attached hydrogen (secondary N) is 2. The van der Waals surface area contributed by atoms with Crippen LogP contribution in [-0.4, -0.2) is 29.0 Å². The van der Waals surface area contributed by atoms with Gasteiger partial charge in [-0.25, -0.2) is 9.97 Å². The molecule has 1 aliphatic rings. The van der Waals surface area contributed by atoms with Crippen molar-refractivity contribution in [1.29, 1.82) is 0 Å². The van der Waals surface area contributed by atoms with Crippen LogP contribution in [0.1, 0.15) is 6.42 Å². The average molecular weight is 227 g/mol. The van der Waals surface area contributed by atoms with E-state index in [9.17, 15) is 4.79 Å². The summed E-state index contributed by atoms with van der Waals surface area (Å²) < 4.78 is 0. The van der Waals surface area contributed by atoms with E-state index in [1.165, 1.54) is 6.20 Å². The third-order valence-electron chi connectivity index (χ3n) is 2.29. The maximum Gasteiger partial charge on any atom is 0.231 e. The number of carbonyl (C=O) groups excluding carboxylic acids is 1. The first kappa shape index (κ1) is 10.3. The van der Waals surface area contributed by atoms with Crippen LogP contribution in [0.4, 0.5) is 5.95 Å². The first-order valence-corrected chi connectivity index (χ1v) is 5.13. The lowest BCUT2D eigenvalue weighted by molar-refractivity contribution is -0.119. The van der Waals surface area contributed by atoms with Gasteiger partial charge in [-0.15, -0.1) is 0 Å². The smallest absolute Gasteiger partial charge is 0.231 e. The Balaban J connectivity index is 1.99. The monoisotopic (exact) mass is 226 g/mol. The second kappa shape index (κ2) is 4.55. The molecule has 1 unspecified atom stereocenters. The zero-order valence-corrected chi connectivity index (χ0v) is 8.79. The zero-order chi connectivity index (χ0) is 10.7. The lowest BCUT2D eigenvalue weighted by Crippen LogP contribution is -2.25. The Kier molecular flexibility index (Phi) is 3.13. The van der Waals surface area contributed by atoms with Gasteiger partial charge in [0.2, 0.25) is 11.9 Å². The minimum absolute atomic E-state index is 0.00702. The van der Waals surface area contributed by atoms with Crippen molar-refractivity contribution < 1.29 is 4.79 Å². The van der Waals surface area contributed by atoms with Crippen molar-refractivity contribution in [1.82, 2.24) is 15.3 Å². The SMILES string of the molecule is O=C(Nc1nccc(Cl)n1)C1CCNC1. The predicted molar refractivity (Wildman–Crippen MR) is 56.6 cm³/mol. The average Bonchev–Trinajstić information content (AvgIpc) is 2.70. The fraction of sp³-hybridized carbons (Fsp3) is 0.444. The molecule has 80 valence electrons. The van der Waals surface area contributed by atoms with Gasteiger partial charge in [-0.2, -0.15) is 0 Å². The van der Waals surface area contributed by atoms with Crippen LogP contribution < -0.4 is 10.6 Å². The summed E-state index contributed by atoms with van der Waals surface area (Å²) in [5, 5.41) is 6.09. The highest BCUT2D eigenvalue weighted by molar-refractivity contribution is 6.29. The van der Waals surface area contributed by atoms with Crippen LogP contribution in [0.2, 0.25) is 5.15 Å². The van der Waals surface area contributed by atoms with Crippen LogP contribution in [0.25, 0.3) is 0 Å². The standard InChI is InChI=1S/C9H11ClN4O/c10-7-2-4-12-9(13-7)14-8(15)6-1-3-11-5-6/h2,4,6,11H,1,3,5H2,(H,12,13,14,15). The molecule has 0 spiro atoms. The van der Waals surface area contributed by atoms with Gasteiger partial charge in [-0.05, 0) is 19.0 Å². The van der Waals surface area contributed by atoms with Crippen LogP contribution in [0, 0.1) is 5.92 Å². The van der Waals surface area contributed by atoms with Gasteiger partial charge in [-0.1, -0.05) is 11.6 Å². The Hall–Kier alpha value is -1.20. The molecular formula is C9H11ClN4O. The van der Waals surface area contributed by atoms with Gasteiger partial charge in [0.25, 0.3) is 0 Å². The van der Waals surface area contributed by atoms with Crippen molar-refractivity contribution in [3.05, 3.63) is 17.4 Å². The first-order valence-electron chi connectivity index (χ1n) is 4.76. The second-order valence-corrected chi connectivity index (χ2v) is 3.77. The van der Waals surface area contributed by atoms with E-state index in [1.807, 2.05) is 0 Å². The van der Waals surface area contributed by atoms with Crippen molar-refractivity contribution in [3.8, 4) is 0 Å². The quantitative estimate of drug-likeness (QED) is 0.728. The van der Waals surface area contributed by atoms with Gasteiger partial charge in [-0.3, -0.25) is 10.1 Å². The maximum atomic E-state index is 11.7. The van der Waals surface area contributed by atoms with Gasteiger partial charge in [0.1, 0.15) is 5.15 Å². The number of anilines is 1. The van der Waals surface area contributed by atoms with Gasteiger partial charge in [0, 0.05) is 12.7 Å². The molecular weight excluding hydrogens is 216 g/mol. The highest BCUT2D eigenvalue weighted by Gasteiger charge is 2.22. The molecule has 5 nitrogen and oxygen atoms in total. The number of carbonyl (C=O) groups is 1. The summed E-state index contributed by atoms with van der Waals surface area (Å²) in [4.78, 5) is 19.4. The zero-order valence-electron chi connectivity index (χ0n) is 8.03. The van der Waals surface area contributed by atoms with Gasteiger partial charge in [0.15, 0.2) is 0 Å². The van der Waals surface area contributed by atoms with Crippen LogP contribution in [0.15, 0.2) is 12.3 Å². The number of nitrogens with zero attached hydrogens (tertiary/aromatic N) is 2. The first-order chi connectivity index (χ1) is 7.25. The summed E-state index contributed by atoms with van der Waals surface area (Å²) in [7, 11) is 0. The number of hydrogen-bond donors (Lipinski definition) is 2. The summed E-state index contributed by atoms with van der Waals surface area (Å²) in [6.07, 6.45) is 2.37. The number of hydrogen-bond acceptors (Lipinski definition) is 4. The Labute approximate surface area is 92.3 Å². The molecule has 0 radical (unpaired) electrons. The Bertz CT molecular complexity index is 365. The van der Waals surface area contributed by atoms with Crippen LogP contribution in [0.3, 0.4) is 0 Å². The lowest BCUT2D eigenvalue weighted by Gasteiger charge is -2.07. The molecule has 1 aromatic rings.